The molecule has 0 spiro atoms. The fourth-order valence-corrected chi connectivity index (χ4v) is 15.1. The van der Waals surface area contributed by atoms with Crippen LogP contribution in [0.15, 0.2) is 315 Å². The smallest absolute Gasteiger partial charge is 0.0468 e. The number of anilines is 6. The maximum atomic E-state index is 2.43. The zero-order valence-electron chi connectivity index (χ0n) is 53.2. The van der Waals surface area contributed by atoms with Gasteiger partial charge in [-0.25, -0.2) is 0 Å². The quantitative estimate of drug-likeness (QED) is 0.113. The molecule has 2 aliphatic carbocycles. The van der Waals surface area contributed by atoms with E-state index in [2.05, 4.69) is 377 Å². The first-order chi connectivity index (χ1) is 46.1. The first-order valence-corrected chi connectivity index (χ1v) is 32.9. The van der Waals surface area contributed by atoms with Crippen molar-refractivity contribution in [3.8, 4) is 44.5 Å². The number of nitrogens with zero attached hydrogens (tertiary/aromatic N) is 2. The highest BCUT2D eigenvalue weighted by Gasteiger charge is 2.38. The first-order valence-electron chi connectivity index (χ1n) is 32.9. The molecule has 0 heterocycles. The van der Waals surface area contributed by atoms with Gasteiger partial charge in [0.1, 0.15) is 0 Å². The maximum Gasteiger partial charge on any atom is 0.0468 e. The lowest BCUT2D eigenvalue weighted by Crippen LogP contribution is -2.16. The Kier molecular flexibility index (Phi) is 13.6. The van der Waals surface area contributed by atoms with Crippen LogP contribution < -0.4 is 9.80 Å². The largest absolute Gasteiger partial charge is 0.310 e. The zero-order chi connectivity index (χ0) is 63.1. The standard InChI is InChI=1S/C92H68N2/c1-91(2)87-55-63(35-51-83(87)85-53-49-77(59-89(85)91)93(75-47-37-65-15-5-7-19-71(65)57-75)73-43-39-69(40-44-73)81-25-13-21-67-17-9-11-23-79(67)81)33-31-61-27-29-62(30-28-61)32-34-64-36-52-84-86-54-50-78(60-90(86)92(3,4)88(84)56-64)94(76-48-38-66-16-6-8-20-72(66)58-76)74-45-41-70(42-46-74)82-26-14-22-68-18-10-12-24-80(68)82/h5-60H,1-4H3. The highest BCUT2D eigenvalue weighted by Crippen LogP contribution is 2.53. The van der Waals surface area contributed by atoms with E-state index in [9.17, 15) is 0 Å². The summed E-state index contributed by atoms with van der Waals surface area (Å²) < 4.78 is 0. The van der Waals surface area contributed by atoms with Crippen LogP contribution in [0.1, 0.15) is 72.2 Å². The molecule has 0 fully saturated rings. The minimum absolute atomic E-state index is 0.219. The molecule has 94 heavy (non-hydrogen) atoms. The summed E-state index contributed by atoms with van der Waals surface area (Å²) in [5.74, 6) is 0. The van der Waals surface area contributed by atoms with Crippen LogP contribution in [0.4, 0.5) is 34.1 Å². The molecule has 0 radical (unpaired) electrons. The first kappa shape index (κ1) is 56.4. The average Bonchev–Trinajstić information content (AvgIpc) is 1.57. The number of hydrogen-bond donors (Lipinski definition) is 0. The summed E-state index contributed by atoms with van der Waals surface area (Å²) in [6, 6.07) is 117. The summed E-state index contributed by atoms with van der Waals surface area (Å²) in [6.07, 6.45) is 9.01. The fourth-order valence-electron chi connectivity index (χ4n) is 15.1. The van der Waals surface area contributed by atoms with Gasteiger partial charge in [-0.05, 0) is 205 Å². The van der Waals surface area contributed by atoms with Crippen LogP contribution >= 0.6 is 0 Å². The fraction of sp³-hybridized carbons (Fsp3) is 0.0652. The maximum absolute atomic E-state index is 2.43. The van der Waals surface area contributed by atoms with E-state index in [0.717, 1.165) is 45.3 Å². The van der Waals surface area contributed by atoms with E-state index in [1.165, 1.54) is 121 Å². The molecule has 2 heteroatoms. The number of hydrogen-bond acceptors (Lipinski definition) is 2. The van der Waals surface area contributed by atoms with Crippen LogP contribution in [0.3, 0.4) is 0 Å². The van der Waals surface area contributed by atoms with Crippen molar-refractivity contribution in [2.75, 3.05) is 9.80 Å². The van der Waals surface area contributed by atoms with E-state index < -0.39 is 0 Å². The van der Waals surface area contributed by atoms with Crippen LogP contribution in [0.25, 0.3) is 112 Å². The molecule has 0 bridgehead atoms. The molecule has 0 saturated heterocycles. The second-order valence-corrected chi connectivity index (χ2v) is 26.5. The van der Waals surface area contributed by atoms with E-state index in [1.54, 1.807) is 0 Å². The second kappa shape index (κ2) is 22.7. The van der Waals surface area contributed by atoms with Crippen molar-refractivity contribution in [3.63, 3.8) is 0 Å². The third-order valence-electron chi connectivity index (χ3n) is 20.2. The Bertz CT molecular complexity index is 5190. The number of rotatable bonds is 12. The predicted molar refractivity (Wildman–Crippen MR) is 403 cm³/mol. The van der Waals surface area contributed by atoms with Crippen molar-refractivity contribution in [1.82, 2.24) is 0 Å². The van der Waals surface area contributed by atoms with Gasteiger partial charge in [0.15, 0.2) is 0 Å². The summed E-state index contributed by atoms with van der Waals surface area (Å²) in [6.45, 7) is 9.53. The molecular formula is C92H68N2. The van der Waals surface area contributed by atoms with Crippen molar-refractivity contribution in [2.24, 2.45) is 0 Å². The molecule has 15 aromatic rings. The van der Waals surface area contributed by atoms with Crippen LogP contribution in [0.5, 0.6) is 0 Å². The van der Waals surface area contributed by atoms with E-state index in [4.69, 9.17) is 0 Å². The lowest BCUT2D eigenvalue weighted by molar-refractivity contribution is 0.660. The molecule has 0 unspecified atom stereocenters. The van der Waals surface area contributed by atoms with Crippen LogP contribution in [-0.2, 0) is 10.8 Å². The van der Waals surface area contributed by atoms with Crippen LogP contribution in [0.2, 0.25) is 0 Å². The van der Waals surface area contributed by atoms with Crippen molar-refractivity contribution in [3.05, 3.63) is 360 Å². The highest BCUT2D eigenvalue weighted by atomic mass is 15.1. The average molecular weight is 1200 g/mol. The molecule has 0 amide bonds. The van der Waals surface area contributed by atoms with Gasteiger partial charge in [-0.1, -0.05) is 295 Å². The van der Waals surface area contributed by atoms with Gasteiger partial charge in [0, 0.05) is 45.0 Å². The van der Waals surface area contributed by atoms with Crippen molar-refractivity contribution >= 4 is 102 Å². The van der Waals surface area contributed by atoms with Crippen molar-refractivity contribution in [1.29, 1.82) is 0 Å². The summed E-state index contributed by atoms with van der Waals surface area (Å²) in [5.41, 5.74) is 26.5. The third kappa shape index (κ3) is 9.89. The molecule has 17 rings (SSSR count). The van der Waals surface area contributed by atoms with Gasteiger partial charge in [0.05, 0.1) is 0 Å². The van der Waals surface area contributed by atoms with Crippen molar-refractivity contribution in [2.45, 2.75) is 38.5 Å². The van der Waals surface area contributed by atoms with Crippen LogP contribution in [0, 0.1) is 0 Å². The Morgan fingerprint density at radius 1 is 0.213 bits per heavy atom. The third-order valence-corrected chi connectivity index (χ3v) is 20.2. The summed E-state index contributed by atoms with van der Waals surface area (Å²) >= 11 is 0. The minimum Gasteiger partial charge on any atom is -0.310 e. The topological polar surface area (TPSA) is 6.48 Å². The summed E-state index contributed by atoms with van der Waals surface area (Å²) in [4.78, 5) is 4.84. The van der Waals surface area contributed by atoms with E-state index in [-0.39, 0.29) is 10.8 Å². The summed E-state index contributed by atoms with van der Waals surface area (Å²) in [7, 11) is 0. The van der Waals surface area contributed by atoms with Gasteiger partial charge >= 0.3 is 0 Å². The van der Waals surface area contributed by atoms with Gasteiger partial charge in [-0.15, -0.1) is 0 Å². The SMILES string of the molecule is CC1(C)c2cc(C=Cc3ccc(C=Cc4ccc5c(c4)C(C)(C)c4cc(N(c6ccc(-c7cccc8ccccc78)cc6)c6ccc7ccccc7c6)ccc4-5)cc3)ccc2-c2ccc(N(c3ccc(-c4cccc5ccccc45)cc3)c3ccc4ccccc4c3)cc21. The Hall–Kier alpha value is -11.6. The predicted octanol–water partition coefficient (Wildman–Crippen LogP) is 25.5. The second-order valence-electron chi connectivity index (χ2n) is 26.5. The lowest BCUT2D eigenvalue weighted by atomic mass is 9.81. The Balaban J connectivity index is 0.607. The van der Waals surface area contributed by atoms with E-state index >= 15 is 0 Å². The normalized spacial score (nSPS) is 13.4. The van der Waals surface area contributed by atoms with Crippen LogP contribution in [-0.4, -0.2) is 0 Å². The molecule has 0 N–H and O–H groups in total. The van der Waals surface area contributed by atoms with Crippen molar-refractivity contribution < 1.29 is 0 Å². The lowest BCUT2D eigenvalue weighted by Gasteiger charge is -2.28. The minimum atomic E-state index is -0.219. The molecular weight excluding hydrogens is 1130 g/mol. The highest BCUT2D eigenvalue weighted by molar-refractivity contribution is 6.00. The summed E-state index contributed by atoms with van der Waals surface area (Å²) in [5, 5.41) is 9.92. The molecule has 0 atom stereocenters. The zero-order valence-corrected chi connectivity index (χ0v) is 53.2. The van der Waals surface area contributed by atoms with Gasteiger partial charge in [-0.3, -0.25) is 0 Å². The van der Waals surface area contributed by atoms with E-state index in [0.29, 0.717) is 0 Å². The molecule has 15 aromatic carbocycles. The number of fused-ring (bicyclic) bond motifs is 10. The van der Waals surface area contributed by atoms with E-state index in [1.807, 2.05) is 0 Å². The van der Waals surface area contributed by atoms with Gasteiger partial charge in [0.25, 0.3) is 0 Å². The molecule has 0 aliphatic heterocycles. The Labute approximate surface area is 551 Å². The molecule has 0 aromatic heterocycles. The molecule has 0 saturated carbocycles. The van der Waals surface area contributed by atoms with Gasteiger partial charge < -0.3 is 9.80 Å². The van der Waals surface area contributed by atoms with Gasteiger partial charge in [0.2, 0.25) is 0 Å². The Morgan fingerprint density at radius 2 is 0.511 bits per heavy atom. The molecule has 2 nitrogen and oxygen atoms in total. The molecule has 446 valence electrons. The number of benzene rings is 15. The van der Waals surface area contributed by atoms with Gasteiger partial charge in [-0.2, -0.15) is 0 Å². The monoisotopic (exact) mass is 1200 g/mol. The molecule has 2 aliphatic rings. The Morgan fingerprint density at radius 3 is 0.926 bits per heavy atom.